The zero-order valence-corrected chi connectivity index (χ0v) is 11.5. The molecule has 3 atom stereocenters. The average Bonchev–Trinajstić information content (AvgIpc) is 3.04. The lowest BCUT2D eigenvalue weighted by atomic mass is 9.79. The summed E-state index contributed by atoms with van der Waals surface area (Å²) in [6, 6.07) is 0. The molecule has 2 aliphatic rings. The van der Waals surface area contributed by atoms with E-state index in [4.69, 9.17) is 5.73 Å². The van der Waals surface area contributed by atoms with Gasteiger partial charge < -0.3 is 5.73 Å². The molecule has 18 heavy (non-hydrogen) atoms. The molecule has 0 radical (unpaired) electrons. The lowest BCUT2D eigenvalue weighted by Crippen LogP contribution is -2.55. The number of aromatic nitrogens is 2. The van der Waals surface area contributed by atoms with Gasteiger partial charge in [0.05, 0.1) is 6.20 Å². The first kappa shape index (κ1) is 12.2. The van der Waals surface area contributed by atoms with Crippen LogP contribution in [0.3, 0.4) is 0 Å². The topological polar surface area (TPSA) is 47.1 Å². The zero-order valence-electron chi connectivity index (χ0n) is 11.5. The van der Waals surface area contributed by atoms with Crippen LogP contribution in [0, 0.1) is 11.8 Å². The number of fused-ring (bicyclic) bond motifs is 2. The van der Waals surface area contributed by atoms with Crippen LogP contribution in [0.2, 0.25) is 0 Å². The summed E-state index contributed by atoms with van der Waals surface area (Å²) in [7, 11) is 4.21. The second-order valence-electron chi connectivity index (χ2n) is 6.27. The fourth-order valence-electron chi connectivity index (χ4n) is 4.27. The fourth-order valence-corrected chi connectivity index (χ4v) is 4.27. The molecular weight excluding hydrogens is 224 g/mol. The van der Waals surface area contributed by atoms with Crippen molar-refractivity contribution in [3.05, 3.63) is 18.0 Å². The Morgan fingerprint density at radius 3 is 2.89 bits per heavy atom. The molecule has 2 aliphatic carbocycles. The van der Waals surface area contributed by atoms with Gasteiger partial charge in [0.25, 0.3) is 0 Å². The van der Waals surface area contributed by atoms with Crippen LogP contribution in [-0.2, 0) is 13.6 Å². The SMILES string of the molecule is CN(Cc1cnn(C)c1)C1(CN)CC2CCC1C2. The molecule has 3 unspecified atom stereocenters. The minimum Gasteiger partial charge on any atom is -0.329 e. The van der Waals surface area contributed by atoms with E-state index in [-0.39, 0.29) is 5.54 Å². The Morgan fingerprint density at radius 1 is 1.56 bits per heavy atom. The van der Waals surface area contributed by atoms with Gasteiger partial charge in [0, 0.05) is 37.4 Å². The maximum atomic E-state index is 6.15. The number of nitrogens with two attached hydrogens (primary N) is 1. The molecule has 1 aromatic rings. The van der Waals surface area contributed by atoms with E-state index in [2.05, 4.69) is 23.2 Å². The van der Waals surface area contributed by atoms with Gasteiger partial charge in [-0.2, -0.15) is 5.10 Å². The third-order valence-corrected chi connectivity index (χ3v) is 5.24. The van der Waals surface area contributed by atoms with Gasteiger partial charge in [-0.1, -0.05) is 6.42 Å². The van der Waals surface area contributed by atoms with Gasteiger partial charge in [0.15, 0.2) is 0 Å². The minimum absolute atomic E-state index is 0.249. The smallest absolute Gasteiger partial charge is 0.0534 e. The molecule has 0 aliphatic heterocycles. The Hall–Kier alpha value is -0.870. The predicted molar refractivity (Wildman–Crippen MR) is 71.9 cm³/mol. The highest BCUT2D eigenvalue weighted by molar-refractivity contribution is 5.11. The van der Waals surface area contributed by atoms with Crippen molar-refractivity contribution in [2.75, 3.05) is 13.6 Å². The first-order valence-electron chi connectivity index (χ1n) is 7.03. The molecule has 1 aromatic heterocycles. The van der Waals surface area contributed by atoms with Crippen molar-refractivity contribution < 1.29 is 0 Å². The van der Waals surface area contributed by atoms with Crippen molar-refractivity contribution in [3.63, 3.8) is 0 Å². The van der Waals surface area contributed by atoms with Crippen LogP contribution in [0.5, 0.6) is 0 Å². The van der Waals surface area contributed by atoms with Crippen LogP contribution in [0.25, 0.3) is 0 Å². The molecule has 2 bridgehead atoms. The normalized spacial score (nSPS) is 34.7. The molecule has 3 rings (SSSR count). The number of likely N-dealkylation sites (N-methyl/N-ethyl adjacent to an activating group) is 1. The standard InChI is InChI=1S/C14H24N4/c1-17(8-12-7-16-18(2)9-12)14(10-15)6-11-3-4-13(14)5-11/h7,9,11,13H,3-6,8,10,15H2,1-2H3. The Labute approximate surface area is 109 Å². The Morgan fingerprint density at radius 2 is 2.39 bits per heavy atom. The van der Waals surface area contributed by atoms with E-state index in [1.807, 2.05) is 17.9 Å². The minimum atomic E-state index is 0.249. The summed E-state index contributed by atoms with van der Waals surface area (Å²) in [5.74, 6) is 1.74. The number of aryl methyl sites for hydroxylation is 1. The number of nitrogens with zero attached hydrogens (tertiary/aromatic N) is 3. The van der Waals surface area contributed by atoms with Gasteiger partial charge in [-0.05, 0) is 38.1 Å². The highest BCUT2D eigenvalue weighted by atomic mass is 15.3. The van der Waals surface area contributed by atoms with E-state index >= 15 is 0 Å². The molecule has 0 spiro atoms. The largest absolute Gasteiger partial charge is 0.329 e. The van der Waals surface area contributed by atoms with Gasteiger partial charge in [-0.15, -0.1) is 0 Å². The average molecular weight is 248 g/mol. The Bertz CT molecular complexity index is 427. The maximum Gasteiger partial charge on any atom is 0.0534 e. The second-order valence-corrected chi connectivity index (χ2v) is 6.27. The van der Waals surface area contributed by atoms with E-state index in [1.54, 1.807) is 0 Å². The lowest BCUT2D eigenvalue weighted by molar-refractivity contribution is 0.0591. The maximum absolute atomic E-state index is 6.15. The van der Waals surface area contributed by atoms with E-state index < -0.39 is 0 Å². The molecule has 2 saturated carbocycles. The van der Waals surface area contributed by atoms with Crippen LogP contribution in [-0.4, -0.2) is 33.8 Å². The van der Waals surface area contributed by atoms with E-state index in [0.717, 1.165) is 24.9 Å². The van der Waals surface area contributed by atoms with Gasteiger partial charge in [0.1, 0.15) is 0 Å². The molecular formula is C14H24N4. The zero-order chi connectivity index (χ0) is 12.8. The Kier molecular flexibility index (Phi) is 2.94. The predicted octanol–water partition coefficient (Wildman–Crippen LogP) is 1.37. The monoisotopic (exact) mass is 248 g/mol. The van der Waals surface area contributed by atoms with Crippen molar-refractivity contribution in [2.45, 2.75) is 37.8 Å². The summed E-state index contributed by atoms with van der Waals surface area (Å²) in [5, 5.41) is 4.25. The van der Waals surface area contributed by atoms with Crippen LogP contribution >= 0.6 is 0 Å². The fraction of sp³-hybridized carbons (Fsp3) is 0.786. The molecule has 0 amide bonds. The van der Waals surface area contributed by atoms with Crippen molar-refractivity contribution in [3.8, 4) is 0 Å². The van der Waals surface area contributed by atoms with Crippen molar-refractivity contribution in [2.24, 2.45) is 24.6 Å². The second kappa shape index (κ2) is 4.35. The van der Waals surface area contributed by atoms with Gasteiger partial charge in [-0.25, -0.2) is 0 Å². The van der Waals surface area contributed by atoms with Crippen molar-refractivity contribution >= 4 is 0 Å². The molecule has 2 fully saturated rings. The summed E-state index contributed by atoms with van der Waals surface area (Å²) in [6.45, 7) is 1.76. The molecule has 2 N–H and O–H groups in total. The van der Waals surface area contributed by atoms with Gasteiger partial charge in [0.2, 0.25) is 0 Å². The highest BCUT2D eigenvalue weighted by Gasteiger charge is 2.52. The number of rotatable bonds is 4. The lowest BCUT2D eigenvalue weighted by Gasteiger charge is -2.44. The molecule has 4 nitrogen and oxygen atoms in total. The quantitative estimate of drug-likeness (QED) is 0.875. The summed E-state index contributed by atoms with van der Waals surface area (Å²) < 4.78 is 1.87. The highest BCUT2D eigenvalue weighted by Crippen LogP contribution is 2.52. The van der Waals surface area contributed by atoms with Crippen molar-refractivity contribution in [1.82, 2.24) is 14.7 Å². The molecule has 100 valence electrons. The van der Waals surface area contributed by atoms with E-state index in [1.165, 1.54) is 31.2 Å². The first-order valence-corrected chi connectivity index (χ1v) is 7.03. The van der Waals surface area contributed by atoms with Gasteiger partial charge >= 0.3 is 0 Å². The molecule has 0 saturated heterocycles. The van der Waals surface area contributed by atoms with Crippen LogP contribution in [0.4, 0.5) is 0 Å². The molecule has 1 heterocycles. The summed E-state index contributed by atoms with van der Waals surface area (Å²) in [6.07, 6.45) is 9.56. The van der Waals surface area contributed by atoms with Crippen molar-refractivity contribution in [1.29, 1.82) is 0 Å². The van der Waals surface area contributed by atoms with Crippen LogP contribution < -0.4 is 5.73 Å². The molecule has 0 aromatic carbocycles. The first-order chi connectivity index (χ1) is 8.64. The van der Waals surface area contributed by atoms with Gasteiger partial charge in [-0.3, -0.25) is 9.58 Å². The number of hydrogen-bond acceptors (Lipinski definition) is 3. The third-order valence-electron chi connectivity index (χ3n) is 5.24. The molecule has 4 heteroatoms. The third kappa shape index (κ3) is 1.79. The Balaban J connectivity index is 1.76. The van der Waals surface area contributed by atoms with Crippen LogP contribution in [0.1, 0.15) is 31.2 Å². The summed E-state index contributed by atoms with van der Waals surface area (Å²) in [5.41, 5.74) is 7.69. The summed E-state index contributed by atoms with van der Waals surface area (Å²) >= 11 is 0. The van der Waals surface area contributed by atoms with Crippen LogP contribution in [0.15, 0.2) is 12.4 Å². The van der Waals surface area contributed by atoms with E-state index in [9.17, 15) is 0 Å². The summed E-state index contributed by atoms with van der Waals surface area (Å²) in [4.78, 5) is 2.49. The van der Waals surface area contributed by atoms with E-state index in [0.29, 0.717) is 0 Å². The number of hydrogen-bond donors (Lipinski definition) is 1.